The zero-order valence-electron chi connectivity index (χ0n) is 16.4. The van der Waals surface area contributed by atoms with Crippen LogP contribution in [0.25, 0.3) is 5.69 Å². The third-order valence-corrected chi connectivity index (χ3v) is 5.35. The molecule has 0 unspecified atom stereocenters. The third-order valence-electron chi connectivity index (χ3n) is 5.03. The van der Waals surface area contributed by atoms with Crippen LogP contribution in [0.2, 0.25) is 5.02 Å². The normalized spacial score (nSPS) is 12.7. The van der Waals surface area contributed by atoms with E-state index in [4.69, 9.17) is 22.1 Å². The average molecular weight is 447 g/mol. The van der Waals surface area contributed by atoms with E-state index in [1.165, 1.54) is 15.5 Å². The minimum absolute atomic E-state index is 0.0960. The Bertz CT molecular complexity index is 1260. The molecule has 2 N–H and O–H groups in total. The predicted molar refractivity (Wildman–Crippen MR) is 109 cm³/mol. The molecule has 4 rings (SSSR count). The van der Waals surface area contributed by atoms with Crippen molar-refractivity contribution in [3.05, 3.63) is 85.9 Å². The van der Waals surface area contributed by atoms with E-state index in [0.29, 0.717) is 24.6 Å². The van der Waals surface area contributed by atoms with E-state index in [1.807, 2.05) is 6.07 Å². The summed E-state index contributed by atoms with van der Waals surface area (Å²) in [5, 5.41) is -0.271. The molecular formula is C21H17ClF2N4O3. The maximum absolute atomic E-state index is 13.8. The van der Waals surface area contributed by atoms with E-state index in [0.717, 1.165) is 23.3 Å². The number of benzene rings is 2. The molecule has 1 aliphatic rings. The van der Waals surface area contributed by atoms with Gasteiger partial charge in [0.05, 0.1) is 5.69 Å². The summed E-state index contributed by atoms with van der Waals surface area (Å²) >= 11 is 6.19. The number of aromatic nitrogens is 2. The van der Waals surface area contributed by atoms with E-state index < -0.39 is 23.2 Å². The number of halogens is 3. The first kappa shape index (κ1) is 20.8. The molecule has 2 amide bonds. The smallest absolute Gasteiger partial charge is 0.315 e. The van der Waals surface area contributed by atoms with Crippen molar-refractivity contribution in [1.29, 1.82) is 0 Å². The Kier molecular flexibility index (Phi) is 5.36. The van der Waals surface area contributed by atoms with Crippen LogP contribution in [0.3, 0.4) is 0 Å². The molecule has 0 saturated carbocycles. The Morgan fingerprint density at radius 2 is 1.94 bits per heavy atom. The molecule has 0 bridgehead atoms. The molecule has 2 aromatic carbocycles. The van der Waals surface area contributed by atoms with E-state index in [9.17, 15) is 18.4 Å². The van der Waals surface area contributed by atoms with Gasteiger partial charge in [0.2, 0.25) is 5.88 Å². The van der Waals surface area contributed by atoms with Gasteiger partial charge in [0.15, 0.2) is 5.02 Å². The van der Waals surface area contributed by atoms with E-state index in [1.54, 1.807) is 19.1 Å². The minimum Gasteiger partial charge on any atom is -0.471 e. The molecule has 160 valence electrons. The van der Waals surface area contributed by atoms with Gasteiger partial charge in [-0.05, 0) is 42.3 Å². The average Bonchev–Trinajstić information content (AvgIpc) is 3.15. The molecule has 31 heavy (non-hydrogen) atoms. The van der Waals surface area contributed by atoms with Crippen LogP contribution in [-0.2, 0) is 19.7 Å². The Balaban J connectivity index is 1.63. The molecule has 0 fully saturated rings. The molecule has 0 aliphatic carbocycles. The standard InChI is InChI=1S/C21H17ClF2N4O3/c1-11-26-19(31-10-13-2-4-15(23)7-17(13)24)18(22)20(29)28(11)16-5-3-12-8-27(21(25)30)9-14(12)6-16/h2-7H,8-10H2,1H3,(H2,25,30). The highest BCUT2D eigenvalue weighted by molar-refractivity contribution is 6.31. The van der Waals surface area contributed by atoms with Gasteiger partial charge in [-0.25, -0.2) is 13.6 Å². The number of carbonyl (C=O) groups is 1. The Morgan fingerprint density at radius 1 is 1.19 bits per heavy atom. The molecule has 10 heteroatoms. The molecule has 0 saturated heterocycles. The zero-order chi connectivity index (χ0) is 22.3. The number of aryl methyl sites for hydroxylation is 1. The Labute approximate surface area is 180 Å². The first-order valence-electron chi connectivity index (χ1n) is 9.27. The van der Waals surface area contributed by atoms with Crippen LogP contribution in [0.1, 0.15) is 22.5 Å². The van der Waals surface area contributed by atoms with Crippen molar-refractivity contribution in [3.63, 3.8) is 0 Å². The highest BCUT2D eigenvalue weighted by Crippen LogP contribution is 2.26. The van der Waals surface area contributed by atoms with Crippen LogP contribution in [0.15, 0.2) is 41.2 Å². The fraction of sp³-hybridized carbons (Fsp3) is 0.190. The highest BCUT2D eigenvalue weighted by Gasteiger charge is 2.23. The van der Waals surface area contributed by atoms with Crippen molar-refractivity contribution in [3.8, 4) is 11.6 Å². The predicted octanol–water partition coefficient (Wildman–Crippen LogP) is 3.45. The van der Waals surface area contributed by atoms with E-state index >= 15 is 0 Å². The van der Waals surface area contributed by atoms with Gasteiger partial charge in [0.25, 0.3) is 5.56 Å². The van der Waals surface area contributed by atoms with Crippen molar-refractivity contribution < 1.29 is 18.3 Å². The van der Waals surface area contributed by atoms with Gasteiger partial charge in [0, 0.05) is 24.7 Å². The number of primary amides is 1. The summed E-state index contributed by atoms with van der Waals surface area (Å²) < 4.78 is 33.6. The maximum atomic E-state index is 13.8. The number of nitrogens with two attached hydrogens (primary N) is 1. The molecule has 0 radical (unpaired) electrons. The molecule has 7 nitrogen and oxygen atoms in total. The Morgan fingerprint density at radius 3 is 2.65 bits per heavy atom. The molecule has 0 spiro atoms. The Hall–Kier alpha value is -3.46. The van der Waals surface area contributed by atoms with Gasteiger partial charge in [-0.2, -0.15) is 4.98 Å². The number of rotatable bonds is 4. The summed E-state index contributed by atoms with van der Waals surface area (Å²) in [6.45, 7) is 2.08. The third kappa shape index (κ3) is 3.96. The highest BCUT2D eigenvalue weighted by atomic mass is 35.5. The molecule has 3 aromatic rings. The van der Waals surface area contributed by atoms with Crippen LogP contribution in [-0.4, -0.2) is 20.5 Å². The summed E-state index contributed by atoms with van der Waals surface area (Å²) in [5.41, 5.74) is 7.21. The fourth-order valence-corrected chi connectivity index (χ4v) is 3.62. The first-order valence-corrected chi connectivity index (χ1v) is 9.65. The molecule has 0 atom stereocenters. The minimum atomic E-state index is -0.774. The maximum Gasteiger partial charge on any atom is 0.315 e. The van der Waals surface area contributed by atoms with Crippen molar-refractivity contribution in [2.45, 2.75) is 26.6 Å². The summed E-state index contributed by atoms with van der Waals surface area (Å²) in [4.78, 5) is 30.1. The topological polar surface area (TPSA) is 90.4 Å². The van der Waals surface area contributed by atoms with Crippen LogP contribution in [0.5, 0.6) is 5.88 Å². The van der Waals surface area contributed by atoms with Gasteiger partial charge in [-0.3, -0.25) is 9.36 Å². The van der Waals surface area contributed by atoms with Crippen LogP contribution in [0, 0.1) is 18.6 Å². The van der Waals surface area contributed by atoms with Gasteiger partial charge in [-0.1, -0.05) is 17.7 Å². The summed E-state index contributed by atoms with van der Waals surface area (Å²) in [7, 11) is 0. The summed E-state index contributed by atoms with van der Waals surface area (Å²) in [5.74, 6) is -1.33. The van der Waals surface area contributed by atoms with Crippen molar-refractivity contribution in [1.82, 2.24) is 14.5 Å². The van der Waals surface area contributed by atoms with E-state index in [-0.39, 0.29) is 23.1 Å². The molecule has 1 aliphatic heterocycles. The number of ether oxygens (including phenoxy) is 1. The van der Waals surface area contributed by atoms with Crippen molar-refractivity contribution in [2.24, 2.45) is 5.73 Å². The van der Waals surface area contributed by atoms with Crippen LogP contribution in [0.4, 0.5) is 13.6 Å². The lowest BCUT2D eigenvalue weighted by atomic mass is 10.1. The van der Waals surface area contributed by atoms with Gasteiger partial charge in [-0.15, -0.1) is 0 Å². The lowest BCUT2D eigenvalue weighted by molar-refractivity contribution is 0.208. The van der Waals surface area contributed by atoms with Crippen molar-refractivity contribution >= 4 is 17.6 Å². The largest absolute Gasteiger partial charge is 0.471 e. The number of fused-ring (bicyclic) bond motifs is 1. The fourth-order valence-electron chi connectivity index (χ4n) is 3.44. The number of amides is 2. The number of hydrogen-bond acceptors (Lipinski definition) is 4. The SMILES string of the molecule is Cc1nc(OCc2ccc(F)cc2F)c(Cl)c(=O)n1-c1ccc2c(c1)CN(C(N)=O)C2. The number of carbonyl (C=O) groups excluding carboxylic acids is 1. The van der Waals surface area contributed by atoms with Crippen molar-refractivity contribution in [2.75, 3.05) is 0 Å². The second-order valence-corrected chi connectivity index (χ2v) is 7.47. The lowest BCUT2D eigenvalue weighted by Crippen LogP contribution is -2.30. The quantitative estimate of drug-likeness (QED) is 0.664. The van der Waals surface area contributed by atoms with Gasteiger partial charge in [0.1, 0.15) is 24.1 Å². The molecule has 2 heterocycles. The number of nitrogens with zero attached hydrogens (tertiary/aromatic N) is 3. The summed E-state index contributed by atoms with van der Waals surface area (Å²) in [6, 6.07) is 7.89. The number of urea groups is 1. The van der Waals surface area contributed by atoms with Gasteiger partial charge < -0.3 is 15.4 Å². The first-order chi connectivity index (χ1) is 14.7. The van der Waals surface area contributed by atoms with Gasteiger partial charge >= 0.3 is 6.03 Å². The zero-order valence-corrected chi connectivity index (χ0v) is 17.1. The van der Waals surface area contributed by atoms with E-state index in [2.05, 4.69) is 4.98 Å². The van der Waals surface area contributed by atoms with Crippen LogP contribution >= 0.6 is 11.6 Å². The molecular weight excluding hydrogens is 430 g/mol. The number of hydrogen-bond donors (Lipinski definition) is 1. The second kappa shape index (κ2) is 7.99. The monoisotopic (exact) mass is 446 g/mol. The second-order valence-electron chi connectivity index (χ2n) is 7.09. The molecule has 1 aromatic heterocycles. The lowest BCUT2D eigenvalue weighted by Gasteiger charge is -2.14. The summed E-state index contributed by atoms with van der Waals surface area (Å²) in [6.07, 6.45) is 0. The van der Waals surface area contributed by atoms with Crippen LogP contribution < -0.4 is 16.0 Å².